The average molecular weight is 268 g/mol. The number of rotatable bonds is 3. The van der Waals surface area contributed by atoms with Crippen LogP contribution in [0.5, 0.6) is 5.75 Å². The van der Waals surface area contributed by atoms with E-state index in [1.165, 1.54) is 0 Å². The molecule has 3 heterocycles. The molecule has 0 bridgehead atoms. The Labute approximate surface area is 117 Å². The third kappa shape index (κ3) is 2.18. The highest BCUT2D eigenvalue weighted by Gasteiger charge is 2.06. The fourth-order valence-electron chi connectivity index (χ4n) is 2.03. The van der Waals surface area contributed by atoms with Gasteiger partial charge >= 0.3 is 0 Å². The summed E-state index contributed by atoms with van der Waals surface area (Å²) in [6, 6.07) is 7.85. The maximum atomic E-state index is 5.21. The van der Waals surface area contributed by atoms with Crippen molar-refractivity contribution < 1.29 is 4.74 Å². The summed E-state index contributed by atoms with van der Waals surface area (Å²) in [6.07, 6.45) is 5.73. The summed E-state index contributed by atoms with van der Waals surface area (Å²) >= 11 is 0. The maximum absolute atomic E-state index is 5.21. The molecule has 0 saturated heterocycles. The summed E-state index contributed by atoms with van der Waals surface area (Å²) in [5.74, 6) is 1.74. The minimum Gasteiger partial charge on any atom is -0.495 e. The van der Waals surface area contributed by atoms with Crippen molar-refractivity contribution in [2.45, 2.75) is 0 Å². The number of ether oxygens (including phenoxy) is 1. The Bertz CT molecular complexity index is 731. The summed E-state index contributed by atoms with van der Waals surface area (Å²) in [6.45, 7) is 0. The summed E-state index contributed by atoms with van der Waals surface area (Å²) < 4.78 is 7.17. The van der Waals surface area contributed by atoms with Crippen LogP contribution in [0.1, 0.15) is 0 Å². The van der Waals surface area contributed by atoms with E-state index in [4.69, 9.17) is 4.74 Å². The molecule has 0 spiro atoms. The Kier molecular flexibility index (Phi) is 3.02. The Balaban J connectivity index is 2.01. The zero-order chi connectivity index (χ0) is 14.1. The number of hydrogen-bond donors (Lipinski definition) is 0. The Morgan fingerprint density at radius 2 is 1.95 bits per heavy atom. The van der Waals surface area contributed by atoms with Crippen LogP contribution in [0.4, 0.5) is 5.82 Å². The van der Waals surface area contributed by atoms with Crippen LogP contribution >= 0.6 is 0 Å². The van der Waals surface area contributed by atoms with Gasteiger partial charge in [0.1, 0.15) is 17.2 Å². The van der Waals surface area contributed by atoms with Gasteiger partial charge in [-0.05, 0) is 24.3 Å². The van der Waals surface area contributed by atoms with Crippen LogP contribution < -0.4 is 9.64 Å². The molecule has 3 rings (SSSR count). The molecule has 0 amide bonds. The van der Waals surface area contributed by atoms with E-state index in [9.17, 15) is 0 Å². The number of imidazole rings is 1. The van der Waals surface area contributed by atoms with E-state index in [1.807, 2.05) is 66.3 Å². The topological polar surface area (TPSA) is 42.7 Å². The zero-order valence-corrected chi connectivity index (χ0v) is 11.7. The van der Waals surface area contributed by atoms with Crippen LogP contribution in [0.2, 0.25) is 0 Å². The number of pyridine rings is 2. The zero-order valence-electron chi connectivity index (χ0n) is 11.7. The van der Waals surface area contributed by atoms with Gasteiger partial charge in [0.05, 0.1) is 19.0 Å². The molecule has 5 heteroatoms. The smallest absolute Gasteiger partial charge is 0.137 e. The fourth-order valence-corrected chi connectivity index (χ4v) is 2.03. The second-order valence-corrected chi connectivity index (χ2v) is 4.76. The van der Waals surface area contributed by atoms with Crippen LogP contribution in [0.3, 0.4) is 0 Å². The summed E-state index contributed by atoms with van der Waals surface area (Å²) in [5.41, 5.74) is 2.78. The maximum Gasteiger partial charge on any atom is 0.137 e. The van der Waals surface area contributed by atoms with Crippen LogP contribution in [-0.2, 0) is 0 Å². The first-order valence-electron chi connectivity index (χ1n) is 6.34. The van der Waals surface area contributed by atoms with Crippen LogP contribution in [0, 0.1) is 0 Å². The minimum absolute atomic E-state index is 0.808. The summed E-state index contributed by atoms with van der Waals surface area (Å²) in [5, 5.41) is 0. The number of hydrogen-bond acceptors (Lipinski definition) is 4. The molecule has 0 aliphatic carbocycles. The molecule has 0 saturated carbocycles. The van der Waals surface area contributed by atoms with Crippen molar-refractivity contribution >= 4 is 11.5 Å². The van der Waals surface area contributed by atoms with Gasteiger partial charge in [-0.2, -0.15) is 0 Å². The highest BCUT2D eigenvalue weighted by atomic mass is 16.5. The number of nitrogens with zero attached hydrogens (tertiary/aromatic N) is 4. The fraction of sp³-hybridized carbons (Fsp3) is 0.200. The molecule has 0 aromatic carbocycles. The first-order valence-corrected chi connectivity index (χ1v) is 6.34. The van der Waals surface area contributed by atoms with Gasteiger partial charge in [-0.1, -0.05) is 0 Å². The molecule has 0 aliphatic rings. The molecule has 102 valence electrons. The molecule has 5 nitrogen and oxygen atoms in total. The predicted molar refractivity (Wildman–Crippen MR) is 79.3 cm³/mol. The van der Waals surface area contributed by atoms with Crippen molar-refractivity contribution in [1.82, 2.24) is 14.4 Å². The molecule has 3 aromatic rings. The van der Waals surface area contributed by atoms with E-state index in [0.29, 0.717) is 0 Å². The third-order valence-corrected chi connectivity index (χ3v) is 3.16. The van der Waals surface area contributed by atoms with E-state index in [0.717, 1.165) is 28.5 Å². The van der Waals surface area contributed by atoms with Gasteiger partial charge in [-0.15, -0.1) is 0 Å². The van der Waals surface area contributed by atoms with Gasteiger partial charge in [0.2, 0.25) is 0 Å². The SMILES string of the molecule is COc1ccc2nc(-c3ccc(N(C)C)nc3)cn2c1. The van der Waals surface area contributed by atoms with Crippen molar-refractivity contribution in [3.05, 3.63) is 42.9 Å². The van der Waals surface area contributed by atoms with Gasteiger partial charge in [0.15, 0.2) is 0 Å². The number of anilines is 1. The molecule has 0 N–H and O–H groups in total. The number of fused-ring (bicyclic) bond motifs is 1. The third-order valence-electron chi connectivity index (χ3n) is 3.16. The van der Waals surface area contributed by atoms with Gasteiger partial charge in [0, 0.05) is 32.1 Å². The summed E-state index contributed by atoms with van der Waals surface area (Å²) in [4.78, 5) is 11.0. The lowest BCUT2D eigenvalue weighted by Crippen LogP contribution is -2.09. The molecule has 3 aromatic heterocycles. The predicted octanol–water partition coefficient (Wildman–Crippen LogP) is 2.47. The van der Waals surface area contributed by atoms with Gasteiger partial charge in [-0.3, -0.25) is 0 Å². The number of methoxy groups -OCH3 is 1. The van der Waals surface area contributed by atoms with Crippen LogP contribution in [-0.4, -0.2) is 35.6 Å². The van der Waals surface area contributed by atoms with E-state index >= 15 is 0 Å². The second kappa shape index (κ2) is 4.85. The van der Waals surface area contributed by atoms with Crippen LogP contribution in [0.15, 0.2) is 42.9 Å². The lowest BCUT2D eigenvalue weighted by molar-refractivity contribution is 0.412. The quantitative estimate of drug-likeness (QED) is 0.732. The van der Waals surface area contributed by atoms with E-state index in [-0.39, 0.29) is 0 Å². The van der Waals surface area contributed by atoms with E-state index in [2.05, 4.69) is 9.97 Å². The van der Waals surface area contributed by atoms with Gasteiger partial charge in [0.25, 0.3) is 0 Å². The standard InChI is InChI=1S/C15H16N4O/c1-18(2)14-6-4-11(8-16-14)13-10-19-9-12(20-3)5-7-15(19)17-13/h4-10H,1-3H3. The Morgan fingerprint density at radius 1 is 1.10 bits per heavy atom. The molecular formula is C15H16N4O. The van der Waals surface area contributed by atoms with Crippen molar-refractivity contribution in [3.63, 3.8) is 0 Å². The molecule has 0 atom stereocenters. The Morgan fingerprint density at radius 3 is 2.60 bits per heavy atom. The molecule has 20 heavy (non-hydrogen) atoms. The van der Waals surface area contributed by atoms with Crippen molar-refractivity contribution in [2.75, 3.05) is 26.1 Å². The van der Waals surface area contributed by atoms with Crippen molar-refractivity contribution in [3.8, 4) is 17.0 Å². The lowest BCUT2D eigenvalue weighted by atomic mass is 10.2. The molecule has 0 unspecified atom stereocenters. The first kappa shape index (κ1) is 12.5. The minimum atomic E-state index is 0.808. The average Bonchev–Trinajstić information content (AvgIpc) is 2.90. The second-order valence-electron chi connectivity index (χ2n) is 4.76. The normalized spacial score (nSPS) is 10.8. The van der Waals surface area contributed by atoms with E-state index < -0.39 is 0 Å². The largest absolute Gasteiger partial charge is 0.495 e. The number of aromatic nitrogens is 3. The Hall–Kier alpha value is -2.56. The van der Waals surface area contributed by atoms with Crippen LogP contribution in [0.25, 0.3) is 16.9 Å². The monoisotopic (exact) mass is 268 g/mol. The van der Waals surface area contributed by atoms with E-state index in [1.54, 1.807) is 7.11 Å². The van der Waals surface area contributed by atoms with Crippen molar-refractivity contribution in [1.29, 1.82) is 0 Å². The van der Waals surface area contributed by atoms with Gasteiger partial charge in [-0.25, -0.2) is 9.97 Å². The highest BCUT2D eigenvalue weighted by Crippen LogP contribution is 2.21. The van der Waals surface area contributed by atoms with Crippen molar-refractivity contribution in [2.24, 2.45) is 0 Å². The summed E-state index contributed by atoms with van der Waals surface area (Å²) in [7, 11) is 5.60. The van der Waals surface area contributed by atoms with Gasteiger partial charge < -0.3 is 14.0 Å². The molecule has 0 aliphatic heterocycles. The lowest BCUT2D eigenvalue weighted by Gasteiger charge is -2.10. The molecular weight excluding hydrogens is 252 g/mol. The molecule has 0 fully saturated rings. The molecule has 0 radical (unpaired) electrons. The highest BCUT2D eigenvalue weighted by molar-refractivity contribution is 5.63. The first-order chi connectivity index (χ1) is 9.67.